The van der Waals surface area contributed by atoms with Gasteiger partial charge in [-0.15, -0.1) is 0 Å². The molecule has 0 saturated carbocycles. The molecular weight excluding hydrogens is 925 g/mol. The van der Waals surface area contributed by atoms with Crippen LogP contribution in [0, 0.1) is 5.92 Å². The van der Waals surface area contributed by atoms with Crippen LogP contribution in [0.3, 0.4) is 0 Å². The number of fused-ring (bicyclic) bond motifs is 1. The Hall–Kier alpha value is -6.87. The lowest BCUT2D eigenvalue weighted by Gasteiger charge is -2.40. The van der Waals surface area contributed by atoms with Crippen molar-refractivity contribution in [2.45, 2.75) is 31.7 Å². The Bertz CT molecular complexity index is 2990. The highest BCUT2D eigenvalue weighted by Crippen LogP contribution is 2.42. The average Bonchev–Trinajstić information content (AvgIpc) is 3.91. The zero-order chi connectivity index (χ0) is 48.6. The standard InChI is InChI=1S/C52H55ClN11O5P/c1-60-31-35(28-55-60)38-26-42(57-52-54-29-40(53)48(59-52)56-41-13-10-34(24-46(41)70(3)4)33-8-6-5-7-9-33)45(69-2)27-44(38)63-22-20-61(21-23-63)30-32-16-18-62(19-17-32)36-11-12-37-39(25-36)51(68)64(50(37)67)43-14-15-47(65)58-49(43)66/h5-13,24-29,31-32,43H,14-23,30H2,1-4H3,(H,58,65,66)(H2,54,56,57,59). The van der Waals surface area contributed by atoms with Gasteiger partial charge in [0.1, 0.15) is 16.8 Å². The highest BCUT2D eigenvalue weighted by molar-refractivity contribution is 7.64. The average molecular weight is 981 g/mol. The van der Waals surface area contributed by atoms with Crippen molar-refractivity contribution >= 4 is 83.0 Å². The second kappa shape index (κ2) is 19.9. The van der Waals surface area contributed by atoms with Crippen LogP contribution in [0.2, 0.25) is 5.02 Å². The van der Waals surface area contributed by atoms with Gasteiger partial charge in [-0.1, -0.05) is 55.9 Å². The number of anilines is 6. The van der Waals surface area contributed by atoms with Gasteiger partial charge in [0.25, 0.3) is 11.8 Å². The van der Waals surface area contributed by atoms with Crippen LogP contribution in [0.25, 0.3) is 22.3 Å². The summed E-state index contributed by atoms with van der Waals surface area (Å²) < 4.78 is 7.84. The summed E-state index contributed by atoms with van der Waals surface area (Å²) in [5.41, 5.74) is 8.51. The number of piperazine rings is 1. The largest absolute Gasteiger partial charge is 0.494 e. The first kappa shape index (κ1) is 46.8. The van der Waals surface area contributed by atoms with E-state index in [0.29, 0.717) is 45.3 Å². The summed E-state index contributed by atoms with van der Waals surface area (Å²) in [6.07, 6.45) is 7.72. The van der Waals surface area contributed by atoms with E-state index in [9.17, 15) is 19.2 Å². The number of hydrogen-bond donors (Lipinski definition) is 3. The van der Waals surface area contributed by atoms with Gasteiger partial charge < -0.3 is 25.2 Å². The fourth-order valence-corrected chi connectivity index (χ4v) is 11.2. The zero-order valence-electron chi connectivity index (χ0n) is 39.6. The molecule has 0 bridgehead atoms. The van der Waals surface area contributed by atoms with Crippen molar-refractivity contribution in [3.63, 3.8) is 0 Å². The Morgan fingerprint density at radius 1 is 0.771 bits per heavy atom. The molecule has 18 heteroatoms. The molecule has 16 nitrogen and oxygen atoms in total. The molecule has 70 heavy (non-hydrogen) atoms. The summed E-state index contributed by atoms with van der Waals surface area (Å²) >= 11 is 6.74. The summed E-state index contributed by atoms with van der Waals surface area (Å²) in [6.45, 7) is 10.6. The van der Waals surface area contributed by atoms with E-state index >= 15 is 0 Å². The van der Waals surface area contributed by atoms with Gasteiger partial charge in [0.2, 0.25) is 17.8 Å². The molecule has 2 aromatic heterocycles. The maximum Gasteiger partial charge on any atom is 0.262 e. The van der Waals surface area contributed by atoms with Crippen molar-refractivity contribution in [3.8, 4) is 28.0 Å². The monoisotopic (exact) mass is 979 g/mol. The number of piperidine rings is 2. The van der Waals surface area contributed by atoms with Crippen LogP contribution in [-0.2, 0) is 16.6 Å². The molecule has 4 aliphatic rings. The lowest BCUT2D eigenvalue weighted by molar-refractivity contribution is -0.136. The van der Waals surface area contributed by atoms with Crippen LogP contribution in [0.15, 0.2) is 97.5 Å². The van der Waals surface area contributed by atoms with Crippen molar-refractivity contribution in [2.24, 2.45) is 13.0 Å². The molecule has 4 amide bonds. The number of methoxy groups -OCH3 is 1. The smallest absolute Gasteiger partial charge is 0.262 e. The fourth-order valence-electron chi connectivity index (χ4n) is 10.0. The lowest BCUT2D eigenvalue weighted by Crippen LogP contribution is -2.54. The molecular formula is C52H55ClN11O5P. The van der Waals surface area contributed by atoms with E-state index in [1.807, 2.05) is 36.3 Å². The summed E-state index contributed by atoms with van der Waals surface area (Å²) in [6, 6.07) is 25.4. The molecule has 3 saturated heterocycles. The molecule has 3 N–H and O–H groups in total. The normalized spacial score (nSPS) is 17.9. The number of halogens is 1. The molecule has 360 valence electrons. The third-order valence-electron chi connectivity index (χ3n) is 13.8. The van der Waals surface area contributed by atoms with E-state index in [1.165, 1.54) is 5.30 Å². The maximum atomic E-state index is 13.5. The van der Waals surface area contributed by atoms with Crippen LogP contribution in [0.4, 0.5) is 34.5 Å². The lowest BCUT2D eigenvalue weighted by atomic mass is 9.95. The number of aromatic nitrogens is 4. The van der Waals surface area contributed by atoms with Crippen molar-refractivity contribution in [1.29, 1.82) is 0 Å². The van der Waals surface area contributed by atoms with Gasteiger partial charge in [0.15, 0.2) is 5.82 Å². The number of ether oxygens (including phenoxy) is 1. The van der Waals surface area contributed by atoms with E-state index < -0.39 is 37.6 Å². The third-order valence-corrected chi connectivity index (χ3v) is 15.4. The van der Waals surface area contributed by atoms with E-state index in [2.05, 4.69) is 109 Å². The quantitative estimate of drug-likeness (QED) is 0.0769. The topological polar surface area (TPSA) is 170 Å². The number of hydrogen-bond acceptors (Lipinski definition) is 13. The van der Waals surface area contributed by atoms with Gasteiger partial charge in [-0.25, -0.2) is 4.98 Å². The van der Waals surface area contributed by atoms with Gasteiger partial charge in [0.05, 0.1) is 36.3 Å². The molecule has 0 radical (unpaired) electrons. The van der Waals surface area contributed by atoms with Gasteiger partial charge in [-0.05, 0) is 91.3 Å². The molecule has 1 unspecified atom stereocenters. The first-order valence-electron chi connectivity index (χ1n) is 23.6. The number of nitrogens with one attached hydrogen (secondary N) is 3. The molecule has 6 heterocycles. The summed E-state index contributed by atoms with van der Waals surface area (Å²) in [5.74, 6) is 0.0516. The van der Waals surface area contributed by atoms with Crippen molar-refractivity contribution in [1.82, 2.24) is 34.9 Å². The minimum Gasteiger partial charge on any atom is -0.494 e. The van der Waals surface area contributed by atoms with Crippen molar-refractivity contribution in [2.75, 3.05) is 86.7 Å². The second-order valence-corrected chi connectivity index (χ2v) is 21.2. The van der Waals surface area contributed by atoms with Gasteiger partial charge in [-0.2, -0.15) is 10.1 Å². The number of amides is 4. The van der Waals surface area contributed by atoms with Crippen LogP contribution in [-0.4, -0.2) is 125 Å². The molecule has 1 atom stereocenters. The fraction of sp³-hybridized carbons (Fsp3) is 0.327. The number of imide groups is 2. The van der Waals surface area contributed by atoms with E-state index in [0.717, 1.165) is 103 Å². The van der Waals surface area contributed by atoms with Crippen LogP contribution in [0.5, 0.6) is 5.75 Å². The molecule has 4 aromatic carbocycles. The predicted octanol–water partition coefficient (Wildman–Crippen LogP) is 7.50. The number of nitrogens with zero attached hydrogens (tertiary/aromatic N) is 8. The van der Waals surface area contributed by atoms with E-state index in [4.69, 9.17) is 21.3 Å². The van der Waals surface area contributed by atoms with Gasteiger partial charge in [0, 0.05) is 99.7 Å². The summed E-state index contributed by atoms with van der Waals surface area (Å²) in [5, 5.41) is 15.3. The zero-order valence-corrected chi connectivity index (χ0v) is 41.3. The number of carbonyl (C=O) groups is 4. The van der Waals surface area contributed by atoms with Crippen LogP contribution >= 0.6 is 19.5 Å². The first-order valence-corrected chi connectivity index (χ1v) is 26.2. The molecule has 4 aliphatic heterocycles. The van der Waals surface area contributed by atoms with Crippen LogP contribution in [0.1, 0.15) is 46.4 Å². The Labute approximate surface area is 413 Å². The van der Waals surface area contributed by atoms with Crippen molar-refractivity contribution < 1.29 is 23.9 Å². The Kier molecular flexibility index (Phi) is 13.3. The minimum absolute atomic E-state index is 0.0874. The van der Waals surface area contributed by atoms with E-state index in [1.54, 1.807) is 25.4 Å². The number of rotatable bonds is 13. The highest BCUT2D eigenvalue weighted by Gasteiger charge is 2.45. The summed E-state index contributed by atoms with van der Waals surface area (Å²) in [7, 11) is 3.12. The van der Waals surface area contributed by atoms with Crippen LogP contribution < -0.4 is 35.8 Å². The third kappa shape index (κ3) is 9.55. The molecule has 10 rings (SSSR count). The predicted molar refractivity (Wildman–Crippen MR) is 276 cm³/mol. The SMILES string of the molecule is COc1cc(N2CCN(CC3CCN(c4ccc5c(c4)C(=O)N(C4CCC(=O)NC4=O)C5=O)CC3)CC2)c(-c2cnn(C)c2)cc1Nc1ncc(Cl)c(Nc2ccc(-c3ccccc3)cc2P(C)C)n1. The minimum atomic E-state index is -0.982. The van der Waals surface area contributed by atoms with Gasteiger partial charge >= 0.3 is 0 Å². The van der Waals surface area contributed by atoms with E-state index in [-0.39, 0.29) is 12.8 Å². The Morgan fingerprint density at radius 2 is 1.54 bits per heavy atom. The summed E-state index contributed by atoms with van der Waals surface area (Å²) in [4.78, 5) is 68.7. The molecule has 6 aromatic rings. The first-order chi connectivity index (χ1) is 33.9. The second-order valence-electron chi connectivity index (χ2n) is 18.5. The van der Waals surface area contributed by atoms with Gasteiger partial charge in [-0.3, -0.25) is 39.0 Å². The molecule has 0 spiro atoms. The number of benzene rings is 4. The Balaban J connectivity index is 0.791. The van der Waals surface area contributed by atoms with Crippen molar-refractivity contribution in [3.05, 3.63) is 114 Å². The Morgan fingerprint density at radius 3 is 2.26 bits per heavy atom. The molecule has 0 aliphatic carbocycles. The highest BCUT2D eigenvalue weighted by atomic mass is 35.5. The maximum absolute atomic E-state index is 13.5. The number of carbonyl (C=O) groups excluding carboxylic acids is 4. The molecule has 3 fully saturated rings. The number of aryl methyl sites for hydroxylation is 1.